The lowest BCUT2D eigenvalue weighted by Crippen LogP contribution is -2.42. The molecule has 1 aliphatic heterocycles. The van der Waals surface area contributed by atoms with Gasteiger partial charge in [-0.3, -0.25) is 0 Å². The van der Waals surface area contributed by atoms with Crippen LogP contribution < -0.4 is 11.1 Å². The summed E-state index contributed by atoms with van der Waals surface area (Å²) >= 11 is 0. The van der Waals surface area contributed by atoms with E-state index in [1.165, 1.54) is 12.8 Å². The van der Waals surface area contributed by atoms with Crippen LogP contribution in [0.1, 0.15) is 19.8 Å². The van der Waals surface area contributed by atoms with E-state index in [4.69, 9.17) is 5.73 Å². The van der Waals surface area contributed by atoms with Crippen LogP contribution in [0, 0.1) is 0 Å². The molecule has 0 amide bonds. The number of hydrogen-bond acceptors (Lipinski definition) is 4. The van der Waals surface area contributed by atoms with Crippen LogP contribution in [0.3, 0.4) is 0 Å². The molecular weight excluding hydrogens is 200 g/mol. The first kappa shape index (κ1) is 11.2. The minimum absolute atomic E-state index is 0.552. The number of piperidine rings is 1. The van der Waals surface area contributed by atoms with E-state index in [-0.39, 0.29) is 0 Å². The second-order valence-electron chi connectivity index (χ2n) is 4.67. The molecule has 0 radical (unpaired) electrons. The normalized spacial score (nSPS) is 26.6. The van der Waals surface area contributed by atoms with E-state index in [9.17, 15) is 0 Å². The van der Waals surface area contributed by atoms with Gasteiger partial charge in [-0.05, 0) is 38.9 Å². The van der Waals surface area contributed by atoms with E-state index in [1.54, 1.807) is 6.20 Å². The SMILES string of the molecule is CC1CC(Nc2ccc(N)nc2)CCN1C. The summed E-state index contributed by atoms with van der Waals surface area (Å²) in [5, 5.41) is 3.51. The summed E-state index contributed by atoms with van der Waals surface area (Å²) in [7, 11) is 2.19. The monoisotopic (exact) mass is 220 g/mol. The molecule has 0 saturated carbocycles. The van der Waals surface area contributed by atoms with Gasteiger partial charge in [0, 0.05) is 18.6 Å². The van der Waals surface area contributed by atoms with E-state index in [0.29, 0.717) is 17.9 Å². The van der Waals surface area contributed by atoms with Crippen LogP contribution in [0.5, 0.6) is 0 Å². The zero-order chi connectivity index (χ0) is 11.5. The summed E-state index contributed by atoms with van der Waals surface area (Å²) in [6.07, 6.45) is 4.17. The van der Waals surface area contributed by atoms with E-state index >= 15 is 0 Å². The number of nitrogens with one attached hydrogen (secondary N) is 1. The minimum Gasteiger partial charge on any atom is -0.384 e. The molecule has 2 heterocycles. The summed E-state index contributed by atoms with van der Waals surface area (Å²) < 4.78 is 0. The van der Waals surface area contributed by atoms with E-state index in [1.807, 2.05) is 12.1 Å². The number of nitrogens with two attached hydrogens (primary N) is 1. The lowest BCUT2D eigenvalue weighted by Gasteiger charge is -2.35. The first-order valence-electron chi connectivity index (χ1n) is 5.83. The molecule has 0 aromatic carbocycles. The number of hydrogen-bond donors (Lipinski definition) is 2. The number of nitrogen functional groups attached to an aromatic ring is 1. The number of nitrogens with zero attached hydrogens (tertiary/aromatic N) is 2. The van der Waals surface area contributed by atoms with E-state index in [0.717, 1.165) is 12.2 Å². The van der Waals surface area contributed by atoms with Crippen LogP contribution in [-0.4, -0.2) is 35.6 Å². The van der Waals surface area contributed by atoms with Crippen LogP contribution in [0.25, 0.3) is 0 Å². The fourth-order valence-corrected chi connectivity index (χ4v) is 2.15. The standard InChI is InChI=1S/C12H20N4/c1-9-7-10(5-6-16(9)2)15-11-3-4-12(13)14-8-11/h3-4,8-10,15H,5-7H2,1-2H3,(H2,13,14). The van der Waals surface area contributed by atoms with Crippen molar-refractivity contribution in [2.75, 3.05) is 24.6 Å². The maximum atomic E-state index is 5.55. The highest BCUT2D eigenvalue weighted by Crippen LogP contribution is 2.19. The fourth-order valence-electron chi connectivity index (χ4n) is 2.15. The van der Waals surface area contributed by atoms with Gasteiger partial charge in [0.15, 0.2) is 0 Å². The molecule has 1 aliphatic rings. The molecule has 1 saturated heterocycles. The van der Waals surface area contributed by atoms with Crippen molar-refractivity contribution >= 4 is 11.5 Å². The second-order valence-corrected chi connectivity index (χ2v) is 4.67. The van der Waals surface area contributed by atoms with Gasteiger partial charge in [0.2, 0.25) is 0 Å². The van der Waals surface area contributed by atoms with Gasteiger partial charge in [-0.15, -0.1) is 0 Å². The molecule has 2 unspecified atom stereocenters. The van der Waals surface area contributed by atoms with E-state index in [2.05, 4.69) is 29.2 Å². The van der Waals surface area contributed by atoms with Crippen molar-refractivity contribution < 1.29 is 0 Å². The number of aromatic nitrogens is 1. The summed E-state index contributed by atoms with van der Waals surface area (Å²) in [5.41, 5.74) is 6.62. The van der Waals surface area contributed by atoms with Crippen molar-refractivity contribution in [3.05, 3.63) is 18.3 Å². The van der Waals surface area contributed by atoms with Crippen LogP contribution in [-0.2, 0) is 0 Å². The Morgan fingerprint density at radius 3 is 2.94 bits per heavy atom. The molecule has 0 aliphatic carbocycles. The topological polar surface area (TPSA) is 54.2 Å². The van der Waals surface area contributed by atoms with Gasteiger partial charge in [0.05, 0.1) is 11.9 Å². The molecular formula is C12H20N4. The molecule has 4 nitrogen and oxygen atoms in total. The number of rotatable bonds is 2. The Morgan fingerprint density at radius 2 is 2.31 bits per heavy atom. The first-order valence-corrected chi connectivity index (χ1v) is 5.83. The highest BCUT2D eigenvalue weighted by molar-refractivity contribution is 5.46. The molecule has 1 aromatic rings. The zero-order valence-electron chi connectivity index (χ0n) is 9.98. The maximum Gasteiger partial charge on any atom is 0.123 e. The lowest BCUT2D eigenvalue weighted by molar-refractivity contribution is 0.190. The molecule has 0 bridgehead atoms. The molecule has 1 fully saturated rings. The number of anilines is 2. The quantitative estimate of drug-likeness (QED) is 0.794. The van der Waals surface area contributed by atoms with Gasteiger partial charge in [-0.2, -0.15) is 0 Å². The van der Waals surface area contributed by atoms with Gasteiger partial charge < -0.3 is 16.0 Å². The van der Waals surface area contributed by atoms with Crippen molar-refractivity contribution in [2.24, 2.45) is 0 Å². The Balaban J connectivity index is 1.93. The molecule has 0 spiro atoms. The third-order valence-corrected chi connectivity index (χ3v) is 3.37. The predicted molar refractivity (Wildman–Crippen MR) is 67.4 cm³/mol. The van der Waals surface area contributed by atoms with Crippen LogP contribution in [0.4, 0.5) is 11.5 Å². The summed E-state index contributed by atoms with van der Waals surface area (Å²) in [5.74, 6) is 0.572. The van der Waals surface area contributed by atoms with Gasteiger partial charge >= 0.3 is 0 Å². The maximum absolute atomic E-state index is 5.55. The van der Waals surface area contributed by atoms with Crippen molar-refractivity contribution in [1.82, 2.24) is 9.88 Å². The Morgan fingerprint density at radius 1 is 1.50 bits per heavy atom. The fraction of sp³-hybridized carbons (Fsp3) is 0.583. The van der Waals surface area contributed by atoms with Gasteiger partial charge in [-0.25, -0.2) is 4.98 Å². The number of pyridine rings is 1. The van der Waals surface area contributed by atoms with Crippen molar-refractivity contribution in [2.45, 2.75) is 31.8 Å². The van der Waals surface area contributed by atoms with Crippen LogP contribution in [0.2, 0.25) is 0 Å². The summed E-state index contributed by atoms with van der Waals surface area (Å²) in [4.78, 5) is 6.49. The number of likely N-dealkylation sites (tertiary alicyclic amines) is 1. The third kappa shape index (κ3) is 2.64. The highest BCUT2D eigenvalue weighted by Gasteiger charge is 2.22. The molecule has 88 valence electrons. The smallest absolute Gasteiger partial charge is 0.123 e. The average Bonchev–Trinajstić information content (AvgIpc) is 2.27. The summed E-state index contributed by atoms with van der Waals surface area (Å²) in [6, 6.07) is 5.02. The lowest BCUT2D eigenvalue weighted by atomic mass is 9.99. The zero-order valence-corrected chi connectivity index (χ0v) is 9.98. The van der Waals surface area contributed by atoms with E-state index < -0.39 is 0 Å². The largest absolute Gasteiger partial charge is 0.384 e. The molecule has 16 heavy (non-hydrogen) atoms. The molecule has 2 atom stereocenters. The molecule has 2 rings (SSSR count). The van der Waals surface area contributed by atoms with Gasteiger partial charge in [0.1, 0.15) is 5.82 Å². The van der Waals surface area contributed by atoms with Crippen molar-refractivity contribution in [3.63, 3.8) is 0 Å². The highest BCUT2D eigenvalue weighted by atomic mass is 15.1. The Kier molecular flexibility index (Phi) is 3.29. The van der Waals surface area contributed by atoms with Gasteiger partial charge in [0.25, 0.3) is 0 Å². The molecule has 1 aromatic heterocycles. The Labute approximate surface area is 96.8 Å². The average molecular weight is 220 g/mol. The molecule has 4 heteroatoms. The van der Waals surface area contributed by atoms with Crippen molar-refractivity contribution in [1.29, 1.82) is 0 Å². The third-order valence-electron chi connectivity index (χ3n) is 3.37. The van der Waals surface area contributed by atoms with Crippen molar-refractivity contribution in [3.8, 4) is 0 Å². The first-order chi connectivity index (χ1) is 7.65. The predicted octanol–water partition coefficient (Wildman–Crippen LogP) is 1.56. The Bertz CT molecular complexity index is 335. The summed E-state index contributed by atoms with van der Waals surface area (Å²) in [6.45, 7) is 3.43. The van der Waals surface area contributed by atoms with Crippen LogP contribution >= 0.6 is 0 Å². The minimum atomic E-state index is 0.552. The van der Waals surface area contributed by atoms with Gasteiger partial charge in [-0.1, -0.05) is 0 Å². The molecule has 3 N–H and O–H groups in total. The Hall–Kier alpha value is -1.29. The second kappa shape index (κ2) is 4.70. The van der Waals surface area contributed by atoms with Crippen LogP contribution in [0.15, 0.2) is 18.3 Å².